The lowest BCUT2D eigenvalue weighted by Crippen LogP contribution is -2.12. The van der Waals surface area contributed by atoms with Crippen LogP contribution in [0.5, 0.6) is 0 Å². The number of nitrogens with one attached hydrogen (secondary N) is 1. The van der Waals surface area contributed by atoms with E-state index in [1.165, 1.54) is 12.2 Å². The van der Waals surface area contributed by atoms with Crippen molar-refractivity contribution in [2.24, 2.45) is 5.92 Å². The molecule has 2 aromatic rings. The largest absolute Gasteiger partial charge is 0.316 e. The van der Waals surface area contributed by atoms with E-state index in [0.29, 0.717) is 0 Å². The number of pyridine rings is 1. The molecule has 1 fully saturated rings. The van der Waals surface area contributed by atoms with Gasteiger partial charge in [-0.2, -0.15) is 0 Å². The molecular formula is C12H14BrN3. The van der Waals surface area contributed by atoms with E-state index in [0.717, 1.165) is 35.4 Å². The first-order valence-corrected chi connectivity index (χ1v) is 6.45. The molecule has 1 atom stereocenters. The topological polar surface area (TPSA) is 29.3 Å². The van der Waals surface area contributed by atoms with Gasteiger partial charge in [-0.3, -0.25) is 0 Å². The van der Waals surface area contributed by atoms with Crippen LogP contribution < -0.4 is 5.32 Å². The van der Waals surface area contributed by atoms with Crippen LogP contribution in [0.4, 0.5) is 0 Å². The Balaban J connectivity index is 1.94. The Labute approximate surface area is 103 Å². The summed E-state index contributed by atoms with van der Waals surface area (Å²) in [4.78, 5) is 4.52. The molecule has 1 aliphatic rings. The summed E-state index contributed by atoms with van der Waals surface area (Å²) in [6, 6.07) is 4.10. The van der Waals surface area contributed by atoms with E-state index in [2.05, 4.69) is 49.0 Å². The molecule has 0 spiro atoms. The minimum atomic E-state index is 0.740. The first kappa shape index (κ1) is 10.3. The van der Waals surface area contributed by atoms with Gasteiger partial charge in [-0.25, -0.2) is 4.98 Å². The van der Waals surface area contributed by atoms with Crippen molar-refractivity contribution in [2.45, 2.75) is 12.8 Å². The summed E-state index contributed by atoms with van der Waals surface area (Å²) in [5.74, 6) is 1.91. The third-order valence-corrected chi connectivity index (χ3v) is 3.90. The number of hydrogen-bond acceptors (Lipinski definition) is 2. The Morgan fingerprint density at radius 1 is 1.56 bits per heavy atom. The quantitative estimate of drug-likeness (QED) is 0.914. The predicted octanol–water partition coefficient (Wildman–Crippen LogP) is 2.25. The Morgan fingerprint density at radius 3 is 3.31 bits per heavy atom. The highest BCUT2D eigenvalue weighted by Crippen LogP contribution is 2.21. The van der Waals surface area contributed by atoms with Crippen molar-refractivity contribution in [3.05, 3.63) is 34.8 Å². The fraction of sp³-hybridized carbons (Fsp3) is 0.417. The van der Waals surface area contributed by atoms with Gasteiger partial charge >= 0.3 is 0 Å². The molecule has 3 heterocycles. The Bertz CT molecular complexity index is 500. The lowest BCUT2D eigenvalue weighted by molar-refractivity contribution is 0.560. The van der Waals surface area contributed by atoms with Crippen LogP contribution in [-0.4, -0.2) is 22.5 Å². The molecule has 0 radical (unpaired) electrons. The van der Waals surface area contributed by atoms with E-state index in [1.54, 1.807) is 0 Å². The second-order valence-corrected chi connectivity index (χ2v) is 5.20. The van der Waals surface area contributed by atoms with E-state index in [1.807, 2.05) is 6.20 Å². The normalized spacial score (nSPS) is 20.7. The highest BCUT2D eigenvalue weighted by Gasteiger charge is 2.17. The zero-order valence-electron chi connectivity index (χ0n) is 8.99. The van der Waals surface area contributed by atoms with Gasteiger partial charge in [0.2, 0.25) is 0 Å². The molecule has 0 bridgehead atoms. The van der Waals surface area contributed by atoms with Gasteiger partial charge in [0.05, 0.1) is 11.7 Å². The minimum absolute atomic E-state index is 0.740. The van der Waals surface area contributed by atoms with Gasteiger partial charge in [0.25, 0.3) is 0 Å². The highest BCUT2D eigenvalue weighted by molar-refractivity contribution is 9.10. The van der Waals surface area contributed by atoms with E-state index < -0.39 is 0 Å². The molecule has 2 aromatic heterocycles. The average molecular weight is 280 g/mol. The molecule has 1 aliphatic heterocycles. The fourth-order valence-corrected chi connectivity index (χ4v) is 2.79. The SMILES string of the molecule is Brc1cccn2c(CC3CCNC3)ncc12. The van der Waals surface area contributed by atoms with Crippen LogP contribution in [0, 0.1) is 5.92 Å². The molecule has 0 aromatic carbocycles. The van der Waals surface area contributed by atoms with E-state index in [9.17, 15) is 0 Å². The van der Waals surface area contributed by atoms with Gasteiger partial charge in [-0.05, 0) is 53.5 Å². The number of aromatic nitrogens is 2. The first-order valence-electron chi connectivity index (χ1n) is 5.66. The molecule has 0 saturated carbocycles. The zero-order valence-corrected chi connectivity index (χ0v) is 10.6. The molecule has 84 valence electrons. The Hall–Kier alpha value is -0.870. The summed E-state index contributed by atoms with van der Waals surface area (Å²) in [5.41, 5.74) is 1.16. The highest BCUT2D eigenvalue weighted by atomic mass is 79.9. The van der Waals surface area contributed by atoms with Crippen molar-refractivity contribution in [3.8, 4) is 0 Å². The Kier molecular flexibility index (Phi) is 2.69. The number of fused-ring (bicyclic) bond motifs is 1. The predicted molar refractivity (Wildman–Crippen MR) is 67.6 cm³/mol. The summed E-state index contributed by atoms with van der Waals surface area (Å²) < 4.78 is 3.29. The summed E-state index contributed by atoms with van der Waals surface area (Å²) >= 11 is 3.55. The van der Waals surface area contributed by atoms with E-state index in [4.69, 9.17) is 0 Å². The van der Waals surface area contributed by atoms with Crippen LogP contribution in [0.15, 0.2) is 29.0 Å². The van der Waals surface area contributed by atoms with Gasteiger partial charge in [0.15, 0.2) is 0 Å². The number of nitrogens with zero attached hydrogens (tertiary/aromatic N) is 2. The van der Waals surface area contributed by atoms with Gasteiger partial charge in [-0.1, -0.05) is 0 Å². The molecule has 3 rings (SSSR count). The van der Waals surface area contributed by atoms with Crippen molar-refractivity contribution in [2.75, 3.05) is 13.1 Å². The lowest BCUT2D eigenvalue weighted by Gasteiger charge is -2.07. The van der Waals surface area contributed by atoms with Crippen molar-refractivity contribution < 1.29 is 0 Å². The second-order valence-electron chi connectivity index (χ2n) is 4.35. The number of rotatable bonds is 2. The smallest absolute Gasteiger partial charge is 0.113 e. The second kappa shape index (κ2) is 4.18. The third kappa shape index (κ3) is 1.76. The molecule has 1 unspecified atom stereocenters. The monoisotopic (exact) mass is 279 g/mol. The van der Waals surface area contributed by atoms with Crippen LogP contribution in [0.3, 0.4) is 0 Å². The van der Waals surface area contributed by atoms with Crippen molar-refractivity contribution in [3.63, 3.8) is 0 Å². The van der Waals surface area contributed by atoms with E-state index in [-0.39, 0.29) is 0 Å². The molecule has 1 saturated heterocycles. The molecule has 1 N–H and O–H groups in total. The maximum absolute atomic E-state index is 4.52. The van der Waals surface area contributed by atoms with Crippen LogP contribution in [-0.2, 0) is 6.42 Å². The molecule has 3 nitrogen and oxygen atoms in total. The van der Waals surface area contributed by atoms with Gasteiger partial charge in [0.1, 0.15) is 5.82 Å². The minimum Gasteiger partial charge on any atom is -0.316 e. The molecule has 4 heteroatoms. The number of hydrogen-bond donors (Lipinski definition) is 1. The Morgan fingerprint density at radius 2 is 2.50 bits per heavy atom. The maximum Gasteiger partial charge on any atom is 0.113 e. The summed E-state index contributed by atoms with van der Waals surface area (Å²) in [5, 5.41) is 3.40. The third-order valence-electron chi connectivity index (χ3n) is 3.23. The van der Waals surface area contributed by atoms with Crippen molar-refractivity contribution >= 4 is 21.4 Å². The van der Waals surface area contributed by atoms with Gasteiger partial charge < -0.3 is 9.72 Å². The van der Waals surface area contributed by atoms with Crippen LogP contribution in [0.1, 0.15) is 12.2 Å². The molecular weight excluding hydrogens is 266 g/mol. The van der Waals surface area contributed by atoms with E-state index >= 15 is 0 Å². The summed E-state index contributed by atoms with van der Waals surface area (Å²) in [6.45, 7) is 2.28. The van der Waals surface area contributed by atoms with Gasteiger partial charge in [0, 0.05) is 17.1 Å². The van der Waals surface area contributed by atoms with Crippen LogP contribution in [0.25, 0.3) is 5.52 Å². The molecule has 0 aliphatic carbocycles. The average Bonchev–Trinajstić information content (AvgIpc) is 2.90. The molecule has 0 amide bonds. The first-order chi connectivity index (χ1) is 7.84. The fourth-order valence-electron chi connectivity index (χ4n) is 2.34. The van der Waals surface area contributed by atoms with Gasteiger partial charge in [-0.15, -0.1) is 0 Å². The maximum atomic E-state index is 4.52. The van der Waals surface area contributed by atoms with Crippen molar-refractivity contribution in [1.82, 2.24) is 14.7 Å². The van der Waals surface area contributed by atoms with Crippen LogP contribution >= 0.6 is 15.9 Å². The lowest BCUT2D eigenvalue weighted by atomic mass is 10.1. The number of halogens is 1. The number of imidazole rings is 1. The zero-order chi connectivity index (χ0) is 11.0. The summed E-state index contributed by atoms with van der Waals surface area (Å²) in [6.07, 6.45) is 6.37. The summed E-state index contributed by atoms with van der Waals surface area (Å²) in [7, 11) is 0. The van der Waals surface area contributed by atoms with Crippen LogP contribution in [0.2, 0.25) is 0 Å². The van der Waals surface area contributed by atoms with Crippen molar-refractivity contribution in [1.29, 1.82) is 0 Å². The molecule has 16 heavy (non-hydrogen) atoms. The standard InChI is InChI=1S/C12H14BrN3/c13-10-2-1-5-16-11(10)8-15-12(16)6-9-3-4-14-7-9/h1-2,5,8-9,14H,3-4,6-7H2.